The van der Waals surface area contributed by atoms with Gasteiger partial charge in [0, 0.05) is 20.9 Å². The van der Waals surface area contributed by atoms with Crippen LogP contribution in [0.3, 0.4) is 0 Å². The minimum atomic E-state index is -1.08. The van der Waals surface area contributed by atoms with Crippen molar-refractivity contribution in [2.75, 3.05) is 6.26 Å². The number of thiophene rings is 1. The highest BCUT2D eigenvalue weighted by Crippen LogP contribution is 2.43. The molecule has 1 heterocycles. The average molecular weight is 348 g/mol. The SMILES string of the molecule is Cc1sc2c(c1C(=O)c1ccc([S+](C)[O-])cc1)CCC2C(=O)O. The molecule has 0 spiro atoms. The van der Waals surface area contributed by atoms with Gasteiger partial charge in [-0.15, -0.1) is 11.3 Å². The number of carbonyl (C=O) groups excluding carboxylic acids is 1. The molecular weight excluding hydrogens is 332 g/mol. The maximum absolute atomic E-state index is 12.8. The van der Waals surface area contributed by atoms with Crippen LogP contribution in [0.25, 0.3) is 0 Å². The highest BCUT2D eigenvalue weighted by atomic mass is 32.2. The monoisotopic (exact) mass is 348 g/mol. The van der Waals surface area contributed by atoms with Gasteiger partial charge in [-0.25, -0.2) is 0 Å². The third-order valence-corrected chi connectivity index (χ3v) is 6.38. The zero-order valence-electron chi connectivity index (χ0n) is 12.8. The number of carboxylic acids is 1. The third-order valence-electron chi connectivity index (χ3n) is 4.19. The molecule has 0 fully saturated rings. The highest BCUT2D eigenvalue weighted by Gasteiger charge is 2.35. The number of benzene rings is 1. The molecule has 0 saturated heterocycles. The van der Waals surface area contributed by atoms with Crippen molar-refractivity contribution in [1.29, 1.82) is 0 Å². The van der Waals surface area contributed by atoms with Crippen LogP contribution in [0.5, 0.6) is 0 Å². The smallest absolute Gasteiger partial charge is 0.311 e. The summed E-state index contributed by atoms with van der Waals surface area (Å²) < 4.78 is 11.4. The predicted molar refractivity (Wildman–Crippen MR) is 90.0 cm³/mol. The number of hydrogen-bond donors (Lipinski definition) is 1. The topological polar surface area (TPSA) is 77.4 Å². The van der Waals surface area contributed by atoms with Crippen LogP contribution in [0.15, 0.2) is 29.2 Å². The van der Waals surface area contributed by atoms with E-state index in [9.17, 15) is 19.2 Å². The minimum absolute atomic E-state index is 0.0838. The Morgan fingerprint density at radius 3 is 2.52 bits per heavy atom. The van der Waals surface area contributed by atoms with Gasteiger partial charge in [0.25, 0.3) is 0 Å². The molecule has 120 valence electrons. The van der Waals surface area contributed by atoms with Crippen molar-refractivity contribution in [3.8, 4) is 0 Å². The van der Waals surface area contributed by atoms with Crippen molar-refractivity contribution in [2.45, 2.75) is 30.6 Å². The van der Waals surface area contributed by atoms with Gasteiger partial charge in [0.05, 0.1) is 5.92 Å². The highest BCUT2D eigenvalue weighted by molar-refractivity contribution is 7.90. The second-order valence-electron chi connectivity index (χ2n) is 5.61. The Hall–Kier alpha value is -1.63. The fourth-order valence-electron chi connectivity index (χ4n) is 3.04. The normalized spacial score (nSPS) is 17.8. The molecule has 0 amide bonds. The van der Waals surface area contributed by atoms with Gasteiger partial charge < -0.3 is 9.66 Å². The number of rotatable bonds is 4. The molecule has 2 unspecified atom stereocenters. The Morgan fingerprint density at radius 2 is 1.96 bits per heavy atom. The van der Waals surface area contributed by atoms with Crippen LogP contribution in [0.2, 0.25) is 0 Å². The van der Waals surface area contributed by atoms with Crippen LogP contribution in [0, 0.1) is 6.92 Å². The summed E-state index contributed by atoms with van der Waals surface area (Å²) in [5.74, 6) is -1.39. The summed E-state index contributed by atoms with van der Waals surface area (Å²) >= 11 is 0.345. The molecule has 0 radical (unpaired) electrons. The molecule has 2 atom stereocenters. The van der Waals surface area contributed by atoms with Gasteiger partial charge in [0.15, 0.2) is 10.7 Å². The molecule has 1 aromatic carbocycles. The quantitative estimate of drug-likeness (QED) is 0.680. The lowest BCUT2D eigenvalue weighted by atomic mass is 9.99. The van der Waals surface area contributed by atoms with Gasteiger partial charge in [-0.05, 0) is 60.8 Å². The zero-order chi connectivity index (χ0) is 16.7. The molecule has 23 heavy (non-hydrogen) atoms. The molecular formula is C17H16O4S2. The van der Waals surface area contributed by atoms with Gasteiger partial charge in [-0.1, -0.05) is 0 Å². The second kappa shape index (κ2) is 6.11. The maximum Gasteiger partial charge on any atom is 0.311 e. The van der Waals surface area contributed by atoms with E-state index in [4.69, 9.17) is 0 Å². The van der Waals surface area contributed by atoms with E-state index in [1.807, 2.05) is 6.92 Å². The van der Waals surface area contributed by atoms with E-state index in [1.54, 1.807) is 30.5 Å². The van der Waals surface area contributed by atoms with Crippen LogP contribution in [-0.4, -0.2) is 27.7 Å². The molecule has 1 aliphatic carbocycles. The van der Waals surface area contributed by atoms with Crippen LogP contribution < -0.4 is 0 Å². The summed E-state index contributed by atoms with van der Waals surface area (Å²) in [4.78, 5) is 26.5. The zero-order valence-corrected chi connectivity index (χ0v) is 14.4. The lowest BCUT2D eigenvalue weighted by Crippen LogP contribution is -2.06. The number of carbonyl (C=O) groups is 2. The number of carboxylic acid groups (broad SMARTS) is 1. The molecule has 1 aromatic heterocycles. The predicted octanol–water partition coefficient (Wildman–Crippen LogP) is 3.14. The summed E-state index contributed by atoms with van der Waals surface area (Å²) in [5.41, 5.74) is 2.09. The Balaban J connectivity index is 1.98. The lowest BCUT2D eigenvalue weighted by molar-refractivity contribution is -0.138. The first kappa shape index (κ1) is 16.2. The Bertz CT molecular complexity index is 775. The van der Waals surface area contributed by atoms with E-state index in [0.717, 1.165) is 15.3 Å². The summed E-state index contributed by atoms with van der Waals surface area (Å²) in [6.07, 6.45) is 2.79. The van der Waals surface area contributed by atoms with E-state index >= 15 is 0 Å². The van der Waals surface area contributed by atoms with Gasteiger partial charge in [0.1, 0.15) is 6.26 Å². The van der Waals surface area contributed by atoms with Gasteiger partial charge in [0.2, 0.25) is 0 Å². The largest absolute Gasteiger partial charge is 0.612 e. The standard InChI is InChI=1S/C17H16O4S2/c1-9-14(12-7-8-13(17(19)20)16(12)22-9)15(18)10-3-5-11(6-4-10)23(2)21/h3-6,13H,7-8H2,1-2H3,(H,19,20). The fraction of sp³-hybridized carbons (Fsp3) is 0.294. The van der Waals surface area contributed by atoms with Gasteiger partial charge in [-0.2, -0.15) is 0 Å². The van der Waals surface area contributed by atoms with E-state index in [2.05, 4.69) is 0 Å². The van der Waals surface area contributed by atoms with E-state index < -0.39 is 23.1 Å². The number of aliphatic carboxylic acids is 1. The summed E-state index contributed by atoms with van der Waals surface area (Å²) in [6, 6.07) is 6.77. The minimum Gasteiger partial charge on any atom is -0.612 e. The van der Waals surface area contributed by atoms with Crippen molar-refractivity contribution in [1.82, 2.24) is 0 Å². The molecule has 2 aromatic rings. The molecule has 6 heteroatoms. The van der Waals surface area contributed by atoms with Crippen LogP contribution in [-0.2, 0) is 22.4 Å². The average Bonchev–Trinajstić information content (AvgIpc) is 3.04. The van der Waals surface area contributed by atoms with Gasteiger partial charge >= 0.3 is 5.97 Å². The number of ketones is 1. The molecule has 0 saturated carbocycles. The summed E-state index contributed by atoms with van der Waals surface area (Å²) in [7, 11) is 0. The first-order valence-corrected chi connectivity index (χ1v) is 9.60. The second-order valence-corrected chi connectivity index (χ2v) is 8.25. The lowest BCUT2D eigenvalue weighted by Gasteiger charge is -2.06. The third kappa shape index (κ3) is 2.82. The number of hydrogen-bond acceptors (Lipinski definition) is 4. The molecule has 4 nitrogen and oxygen atoms in total. The summed E-state index contributed by atoms with van der Waals surface area (Å²) in [5, 5.41) is 9.29. The number of aryl methyl sites for hydroxylation is 1. The fourth-order valence-corrected chi connectivity index (χ4v) is 4.89. The molecule has 3 rings (SSSR count). The maximum atomic E-state index is 12.8. The first-order chi connectivity index (χ1) is 10.9. The molecule has 0 bridgehead atoms. The van der Waals surface area contributed by atoms with E-state index in [0.29, 0.717) is 28.9 Å². The molecule has 1 aliphatic rings. The van der Waals surface area contributed by atoms with Crippen LogP contribution >= 0.6 is 11.3 Å². The Morgan fingerprint density at radius 1 is 1.30 bits per heavy atom. The van der Waals surface area contributed by atoms with Crippen LogP contribution in [0.1, 0.15) is 43.6 Å². The molecule has 1 N–H and O–H groups in total. The van der Waals surface area contributed by atoms with E-state index in [1.165, 1.54) is 11.3 Å². The van der Waals surface area contributed by atoms with Crippen molar-refractivity contribution in [2.24, 2.45) is 0 Å². The van der Waals surface area contributed by atoms with Gasteiger partial charge in [-0.3, -0.25) is 9.59 Å². The van der Waals surface area contributed by atoms with Crippen molar-refractivity contribution in [3.05, 3.63) is 50.7 Å². The van der Waals surface area contributed by atoms with Crippen molar-refractivity contribution in [3.63, 3.8) is 0 Å². The van der Waals surface area contributed by atoms with Crippen LogP contribution in [0.4, 0.5) is 0 Å². The summed E-state index contributed by atoms with van der Waals surface area (Å²) in [6.45, 7) is 1.87. The first-order valence-electron chi connectivity index (χ1n) is 7.23. The van der Waals surface area contributed by atoms with Crippen molar-refractivity contribution < 1.29 is 19.2 Å². The Labute approximate surface area is 141 Å². The number of fused-ring (bicyclic) bond motifs is 1. The molecule has 0 aliphatic heterocycles. The van der Waals surface area contributed by atoms with Crippen molar-refractivity contribution >= 4 is 34.3 Å². The Kier molecular flexibility index (Phi) is 4.31. The van der Waals surface area contributed by atoms with E-state index in [-0.39, 0.29) is 5.78 Å².